The molecule has 0 aromatic heterocycles. The summed E-state index contributed by atoms with van der Waals surface area (Å²) in [5, 5.41) is 2.94. The third kappa shape index (κ3) is 14.5. The number of ether oxygens (including phenoxy) is 1. The summed E-state index contributed by atoms with van der Waals surface area (Å²) in [6.07, 6.45) is 15.2. The molecule has 0 aliphatic carbocycles. The lowest BCUT2D eigenvalue weighted by molar-refractivity contribution is -0.0275. The van der Waals surface area contributed by atoms with Gasteiger partial charge in [-0.3, -0.25) is 13.6 Å². The average molecular weight is 582 g/mol. The van der Waals surface area contributed by atoms with Crippen LogP contribution >= 0.6 is 7.82 Å². The van der Waals surface area contributed by atoms with Gasteiger partial charge in [-0.15, -0.1) is 0 Å². The number of amides is 1. The van der Waals surface area contributed by atoms with E-state index in [2.05, 4.69) is 36.5 Å². The first kappa shape index (κ1) is 34.8. The van der Waals surface area contributed by atoms with Crippen molar-refractivity contribution in [3.8, 4) is 0 Å². The van der Waals surface area contributed by atoms with Gasteiger partial charge in [0.2, 0.25) is 0 Å². The number of nitrogens with one attached hydrogen (secondary N) is 1. The molecule has 8 heteroatoms. The van der Waals surface area contributed by atoms with Crippen LogP contribution in [0.1, 0.15) is 130 Å². The molecule has 1 aromatic rings. The Labute approximate surface area is 244 Å². The Bertz CT molecular complexity index is 907. The van der Waals surface area contributed by atoms with E-state index < -0.39 is 30.7 Å². The zero-order chi connectivity index (χ0) is 29.7. The molecule has 1 N–H and O–H groups in total. The van der Waals surface area contributed by atoms with Gasteiger partial charge in [-0.1, -0.05) is 89.0 Å². The quantitative estimate of drug-likeness (QED) is 0.155. The van der Waals surface area contributed by atoms with E-state index in [9.17, 15) is 9.36 Å². The van der Waals surface area contributed by atoms with Crippen LogP contribution in [0.5, 0.6) is 0 Å². The lowest BCUT2D eigenvalue weighted by atomic mass is 9.92. The van der Waals surface area contributed by atoms with Crippen molar-refractivity contribution in [2.45, 2.75) is 149 Å². The minimum absolute atomic E-state index is 0.0103. The molecule has 2 rings (SSSR count). The van der Waals surface area contributed by atoms with Gasteiger partial charge in [0.25, 0.3) is 0 Å². The van der Waals surface area contributed by atoms with E-state index in [0.29, 0.717) is 12.8 Å². The van der Waals surface area contributed by atoms with Gasteiger partial charge in [0.1, 0.15) is 5.60 Å². The van der Waals surface area contributed by atoms with Gasteiger partial charge in [-0.2, -0.15) is 0 Å². The van der Waals surface area contributed by atoms with E-state index in [1.807, 2.05) is 20.8 Å². The Morgan fingerprint density at radius 1 is 0.800 bits per heavy atom. The van der Waals surface area contributed by atoms with Gasteiger partial charge in [-0.25, -0.2) is 9.36 Å². The molecular formula is C32H56NO6P. The van der Waals surface area contributed by atoms with Gasteiger partial charge >= 0.3 is 13.9 Å². The number of benzene rings is 1. The molecule has 0 unspecified atom stereocenters. The molecule has 230 valence electrons. The molecule has 1 aliphatic rings. The van der Waals surface area contributed by atoms with Crippen molar-refractivity contribution in [3.05, 3.63) is 35.4 Å². The number of phosphoric acid groups is 1. The predicted octanol–water partition coefficient (Wildman–Crippen LogP) is 9.32. The molecule has 0 spiro atoms. The topological polar surface area (TPSA) is 83.1 Å². The Morgan fingerprint density at radius 2 is 1.27 bits per heavy atom. The van der Waals surface area contributed by atoms with E-state index in [-0.39, 0.29) is 13.2 Å². The van der Waals surface area contributed by atoms with Crippen LogP contribution < -0.4 is 5.32 Å². The first-order valence-corrected chi connectivity index (χ1v) is 16.9. The molecule has 0 saturated carbocycles. The summed E-state index contributed by atoms with van der Waals surface area (Å²) >= 11 is 0. The zero-order valence-corrected chi connectivity index (χ0v) is 27.2. The van der Waals surface area contributed by atoms with Crippen LogP contribution in [0.4, 0.5) is 4.79 Å². The molecule has 1 aliphatic heterocycles. The summed E-state index contributed by atoms with van der Waals surface area (Å²) in [6.45, 7) is 13.1. The van der Waals surface area contributed by atoms with E-state index in [1.165, 1.54) is 69.8 Å². The van der Waals surface area contributed by atoms with Gasteiger partial charge in [0.15, 0.2) is 0 Å². The summed E-state index contributed by atoms with van der Waals surface area (Å²) in [7, 11) is -3.72. The maximum absolute atomic E-state index is 13.0. The zero-order valence-electron chi connectivity index (χ0n) is 26.3. The molecule has 1 heterocycles. The van der Waals surface area contributed by atoms with E-state index in [4.69, 9.17) is 18.3 Å². The summed E-state index contributed by atoms with van der Waals surface area (Å²) < 4.78 is 35.3. The molecule has 1 aromatic carbocycles. The highest BCUT2D eigenvalue weighted by molar-refractivity contribution is 7.48. The number of alkyl carbamates (subject to hydrolysis) is 1. The Morgan fingerprint density at radius 3 is 1.75 bits per heavy atom. The first-order valence-electron chi connectivity index (χ1n) is 15.4. The monoisotopic (exact) mass is 581 g/mol. The fourth-order valence-electron chi connectivity index (χ4n) is 4.74. The highest BCUT2D eigenvalue weighted by Crippen LogP contribution is 2.56. The molecule has 40 heavy (non-hydrogen) atoms. The molecule has 0 radical (unpaired) electrons. The fourth-order valence-corrected chi connectivity index (χ4v) is 6.41. The molecule has 7 nitrogen and oxygen atoms in total. The number of unbranched alkanes of at least 4 members (excludes halogenated alkanes) is 9. The van der Waals surface area contributed by atoms with E-state index in [1.54, 1.807) is 20.8 Å². The van der Waals surface area contributed by atoms with Crippen LogP contribution in [0.2, 0.25) is 0 Å². The van der Waals surface area contributed by atoms with Gasteiger partial charge < -0.3 is 10.1 Å². The second-order valence-electron chi connectivity index (χ2n) is 13.4. The third-order valence-electron chi connectivity index (χ3n) is 6.88. The minimum atomic E-state index is -3.72. The minimum Gasteiger partial charge on any atom is -0.444 e. The second-order valence-corrected chi connectivity index (χ2v) is 14.9. The summed E-state index contributed by atoms with van der Waals surface area (Å²) in [4.78, 5) is 12.7. The number of hydrogen-bond acceptors (Lipinski definition) is 6. The largest absolute Gasteiger partial charge is 0.475 e. The van der Waals surface area contributed by atoms with Crippen molar-refractivity contribution in [1.29, 1.82) is 0 Å². The number of aryl methyl sites for hydroxylation is 2. The predicted molar refractivity (Wildman–Crippen MR) is 163 cm³/mol. The fraction of sp³-hybridized carbons (Fsp3) is 0.781. The maximum Gasteiger partial charge on any atom is 0.475 e. The number of rotatable bonds is 16. The van der Waals surface area contributed by atoms with Crippen LogP contribution in [0.25, 0.3) is 0 Å². The van der Waals surface area contributed by atoms with Crippen LogP contribution in [0, 0.1) is 0 Å². The standard InChI is InChI=1S/C32H56NO6P/c1-8-9-10-11-12-13-14-15-16-17-18-27-19-21-28(22-20-27)23-24-32(33-29(34)38-30(2,3)4)25-36-40(35,37-26-32)39-31(5,6)7/h19-22H,8-18,23-26H2,1-7H3,(H,33,34). The summed E-state index contributed by atoms with van der Waals surface area (Å²) in [6, 6.07) is 8.72. The van der Waals surface area contributed by atoms with Gasteiger partial charge in [0, 0.05) is 0 Å². The number of phosphoric ester groups is 1. The lowest BCUT2D eigenvalue weighted by Crippen LogP contribution is -2.58. The molecule has 0 bridgehead atoms. The number of carbonyl (C=O) groups excluding carboxylic acids is 1. The van der Waals surface area contributed by atoms with Gasteiger partial charge in [0.05, 0.1) is 24.4 Å². The molecule has 1 fully saturated rings. The van der Waals surface area contributed by atoms with Crippen LogP contribution in [-0.4, -0.2) is 36.0 Å². The molecule has 0 atom stereocenters. The molecule has 1 saturated heterocycles. The Balaban J connectivity index is 1.85. The molecular weight excluding hydrogens is 525 g/mol. The van der Waals surface area contributed by atoms with Crippen molar-refractivity contribution >= 4 is 13.9 Å². The highest BCUT2D eigenvalue weighted by Gasteiger charge is 2.46. The number of hydrogen-bond donors (Lipinski definition) is 1. The van der Waals surface area contributed by atoms with E-state index >= 15 is 0 Å². The van der Waals surface area contributed by atoms with E-state index in [0.717, 1.165) is 12.0 Å². The Kier molecular flexibility index (Phi) is 14.2. The first-order chi connectivity index (χ1) is 18.7. The maximum atomic E-state index is 13.0. The van der Waals surface area contributed by atoms with Crippen LogP contribution in [0.3, 0.4) is 0 Å². The summed E-state index contributed by atoms with van der Waals surface area (Å²) in [5.74, 6) is 0. The smallest absolute Gasteiger partial charge is 0.444 e. The average Bonchev–Trinajstić information content (AvgIpc) is 2.84. The van der Waals surface area contributed by atoms with Crippen molar-refractivity contribution in [1.82, 2.24) is 5.32 Å². The molecule has 1 amide bonds. The number of carbonyl (C=O) groups is 1. The SMILES string of the molecule is CCCCCCCCCCCCc1ccc(CCC2(NC(=O)OC(C)(C)C)COP(=O)(OC(C)(C)C)OC2)cc1. The van der Waals surface area contributed by atoms with Crippen molar-refractivity contribution in [2.24, 2.45) is 0 Å². The second kappa shape index (κ2) is 16.3. The summed E-state index contributed by atoms with van der Waals surface area (Å²) in [5.41, 5.74) is 0.304. The normalized spacial score (nSPS) is 21.8. The van der Waals surface area contributed by atoms with Gasteiger partial charge in [-0.05, 0) is 78.4 Å². The lowest BCUT2D eigenvalue weighted by Gasteiger charge is -2.41. The third-order valence-corrected chi connectivity index (χ3v) is 8.55. The Hall–Kier alpha value is -1.40. The van der Waals surface area contributed by atoms with Crippen molar-refractivity contribution in [2.75, 3.05) is 13.2 Å². The van der Waals surface area contributed by atoms with Crippen molar-refractivity contribution in [3.63, 3.8) is 0 Å². The van der Waals surface area contributed by atoms with Crippen molar-refractivity contribution < 1.29 is 27.7 Å². The van der Waals surface area contributed by atoms with Crippen LogP contribution in [0.15, 0.2) is 24.3 Å². The van der Waals surface area contributed by atoms with Crippen LogP contribution in [-0.2, 0) is 35.7 Å². The highest BCUT2D eigenvalue weighted by atomic mass is 31.2.